The van der Waals surface area contributed by atoms with Crippen molar-refractivity contribution >= 4 is 21.6 Å². The van der Waals surface area contributed by atoms with Crippen molar-refractivity contribution in [3.63, 3.8) is 0 Å². The number of halogens is 1. The molecule has 6 heteroatoms. The highest BCUT2D eigenvalue weighted by Gasteiger charge is 2.12. The molecule has 0 amide bonds. The van der Waals surface area contributed by atoms with Crippen molar-refractivity contribution in [1.29, 1.82) is 0 Å². The lowest BCUT2D eigenvalue weighted by molar-refractivity contribution is 0.138. The van der Waals surface area contributed by atoms with Crippen LogP contribution in [0.4, 0.5) is 5.69 Å². The Morgan fingerprint density at radius 1 is 1.42 bits per heavy atom. The molecule has 0 aromatic carbocycles. The van der Waals surface area contributed by atoms with Gasteiger partial charge in [-0.3, -0.25) is 4.79 Å². The lowest BCUT2D eigenvalue weighted by Crippen LogP contribution is -2.29. The molecule has 19 heavy (non-hydrogen) atoms. The van der Waals surface area contributed by atoms with Gasteiger partial charge in [0.2, 0.25) is 0 Å². The number of aliphatic hydroxyl groups excluding tert-OH is 1. The SMILES string of the molecule is CC(C)Cn1ncc(NCC(O)C(C)C)c(Br)c1=O. The predicted octanol–water partition coefficient (Wildman–Crippen LogP) is 2.09. The fourth-order valence-corrected chi connectivity index (χ4v) is 1.96. The second kappa shape index (κ2) is 7.05. The van der Waals surface area contributed by atoms with E-state index in [2.05, 4.69) is 26.3 Å². The van der Waals surface area contributed by atoms with Gasteiger partial charge in [0.05, 0.1) is 18.0 Å². The summed E-state index contributed by atoms with van der Waals surface area (Å²) in [6.45, 7) is 8.94. The second-order valence-electron chi connectivity index (χ2n) is 5.45. The van der Waals surface area contributed by atoms with Gasteiger partial charge in [-0.15, -0.1) is 0 Å². The molecular weight excluding hydrogens is 310 g/mol. The van der Waals surface area contributed by atoms with Gasteiger partial charge < -0.3 is 10.4 Å². The average molecular weight is 332 g/mol. The Labute approximate surface area is 122 Å². The number of nitrogens with one attached hydrogen (secondary N) is 1. The molecule has 0 aliphatic heterocycles. The summed E-state index contributed by atoms with van der Waals surface area (Å²) in [5, 5.41) is 16.9. The van der Waals surface area contributed by atoms with Crippen LogP contribution in [0.5, 0.6) is 0 Å². The molecule has 0 aliphatic carbocycles. The minimum absolute atomic E-state index is 0.155. The summed E-state index contributed by atoms with van der Waals surface area (Å²) in [6, 6.07) is 0. The van der Waals surface area contributed by atoms with Gasteiger partial charge in [0.1, 0.15) is 4.47 Å². The van der Waals surface area contributed by atoms with Gasteiger partial charge in [0, 0.05) is 13.1 Å². The van der Waals surface area contributed by atoms with Crippen LogP contribution in [-0.2, 0) is 6.54 Å². The minimum atomic E-state index is -0.454. The van der Waals surface area contributed by atoms with Gasteiger partial charge in [-0.05, 0) is 27.8 Å². The molecule has 0 bridgehead atoms. The van der Waals surface area contributed by atoms with Gasteiger partial charge in [0.25, 0.3) is 5.56 Å². The maximum atomic E-state index is 12.1. The van der Waals surface area contributed by atoms with E-state index in [1.54, 1.807) is 6.20 Å². The van der Waals surface area contributed by atoms with E-state index in [1.807, 2.05) is 27.7 Å². The largest absolute Gasteiger partial charge is 0.391 e. The summed E-state index contributed by atoms with van der Waals surface area (Å²) in [6.07, 6.45) is 1.16. The molecule has 0 fully saturated rings. The second-order valence-corrected chi connectivity index (χ2v) is 6.24. The van der Waals surface area contributed by atoms with Crippen LogP contribution < -0.4 is 10.9 Å². The van der Waals surface area contributed by atoms with Crippen LogP contribution in [0, 0.1) is 11.8 Å². The molecule has 1 aromatic heterocycles. The maximum absolute atomic E-state index is 12.1. The van der Waals surface area contributed by atoms with Crippen molar-refractivity contribution in [1.82, 2.24) is 9.78 Å². The van der Waals surface area contributed by atoms with E-state index in [4.69, 9.17) is 0 Å². The smallest absolute Gasteiger partial charge is 0.283 e. The molecule has 1 unspecified atom stereocenters. The van der Waals surface area contributed by atoms with Crippen molar-refractivity contribution in [3.8, 4) is 0 Å². The fraction of sp³-hybridized carbons (Fsp3) is 0.692. The van der Waals surface area contributed by atoms with E-state index in [0.717, 1.165) is 0 Å². The van der Waals surface area contributed by atoms with E-state index in [1.165, 1.54) is 4.68 Å². The Kier molecular flexibility index (Phi) is 6.00. The van der Waals surface area contributed by atoms with E-state index >= 15 is 0 Å². The first-order chi connectivity index (χ1) is 8.82. The highest BCUT2D eigenvalue weighted by atomic mass is 79.9. The molecule has 0 spiro atoms. The lowest BCUT2D eigenvalue weighted by Gasteiger charge is -2.17. The molecular formula is C13H22BrN3O2. The molecule has 2 N–H and O–H groups in total. The quantitative estimate of drug-likeness (QED) is 0.837. The van der Waals surface area contributed by atoms with E-state index in [-0.39, 0.29) is 11.5 Å². The third kappa shape index (κ3) is 4.62. The molecule has 5 nitrogen and oxygen atoms in total. The van der Waals surface area contributed by atoms with E-state index in [9.17, 15) is 9.90 Å². The van der Waals surface area contributed by atoms with Crippen LogP contribution in [-0.4, -0.2) is 27.5 Å². The van der Waals surface area contributed by atoms with Crippen LogP contribution in [0.3, 0.4) is 0 Å². The third-order valence-corrected chi connectivity index (χ3v) is 3.56. The lowest BCUT2D eigenvalue weighted by atomic mass is 10.1. The van der Waals surface area contributed by atoms with Gasteiger partial charge in [-0.1, -0.05) is 27.7 Å². The highest BCUT2D eigenvalue weighted by Crippen LogP contribution is 2.17. The fourth-order valence-electron chi connectivity index (χ4n) is 1.51. The van der Waals surface area contributed by atoms with Crippen molar-refractivity contribution in [2.45, 2.75) is 40.3 Å². The molecule has 0 aliphatic rings. The number of hydrogen-bond acceptors (Lipinski definition) is 4. The molecule has 1 atom stereocenters. The van der Waals surface area contributed by atoms with Crippen molar-refractivity contribution in [2.24, 2.45) is 11.8 Å². The Balaban J connectivity index is 2.82. The van der Waals surface area contributed by atoms with Gasteiger partial charge in [-0.2, -0.15) is 5.10 Å². The first kappa shape index (κ1) is 16.2. The molecule has 0 radical (unpaired) electrons. The molecule has 0 saturated heterocycles. The first-order valence-electron chi connectivity index (χ1n) is 6.50. The monoisotopic (exact) mass is 331 g/mol. The van der Waals surface area contributed by atoms with Crippen molar-refractivity contribution in [3.05, 3.63) is 21.0 Å². The van der Waals surface area contributed by atoms with Crippen LogP contribution in [0.15, 0.2) is 15.5 Å². The van der Waals surface area contributed by atoms with Crippen LogP contribution >= 0.6 is 15.9 Å². The average Bonchev–Trinajstić information content (AvgIpc) is 2.33. The Hall–Kier alpha value is -0.880. The van der Waals surface area contributed by atoms with Gasteiger partial charge in [-0.25, -0.2) is 4.68 Å². The Morgan fingerprint density at radius 2 is 2.05 bits per heavy atom. The number of aromatic nitrogens is 2. The highest BCUT2D eigenvalue weighted by molar-refractivity contribution is 9.10. The summed E-state index contributed by atoms with van der Waals surface area (Å²) in [7, 11) is 0. The van der Waals surface area contributed by atoms with Crippen molar-refractivity contribution < 1.29 is 5.11 Å². The summed E-state index contributed by atoms with van der Waals surface area (Å²) in [5.41, 5.74) is 0.461. The normalized spacial score (nSPS) is 13.1. The zero-order chi connectivity index (χ0) is 14.6. The summed E-state index contributed by atoms with van der Waals surface area (Å²) >= 11 is 3.29. The Morgan fingerprint density at radius 3 is 2.58 bits per heavy atom. The van der Waals surface area contributed by atoms with Crippen molar-refractivity contribution in [2.75, 3.05) is 11.9 Å². The molecule has 108 valence electrons. The Bertz CT molecular complexity index is 471. The summed E-state index contributed by atoms with van der Waals surface area (Å²) in [4.78, 5) is 12.1. The molecule has 1 rings (SSSR count). The number of aliphatic hydroxyl groups is 1. The number of nitrogens with zero attached hydrogens (tertiary/aromatic N) is 2. The number of anilines is 1. The topological polar surface area (TPSA) is 67.2 Å². The summed E-state index contributed by atoms with van der Waals surface area (Å²) in [5.74, 6) is 0.527. The van der Waals surface area contributed by atoms with E-state index < -0.39 is 6.10 Å². The molecule has 1 heterocycles. The van der Waals surface area contributed by atoms with Gasteiger partial charge >= 0.3 is 0 Å². The zero-order valence-corrected chi connectivity index (χ0v) is 13.4. The third-order valence-electron chi connectivity index (χ3n) is 2.79. The number of hydrogen-bond donors (Lipinski definition) is 2. The standard InChI is InChI=1S/C13H22BrN3O2/c1-8(2)7-17-13(19)12(14)10(5-16-17)15-6-11(18)9(3)4/h5,8-9,11,15,18H,6-7H2,1-4H3. The minimum Gasteiger partial charge on any atom is -0.391 e. The van der Waals surface area contributed by atoms with Crippen LogP contribution in [0.2, 0.25) is 0 Å². The van der Waals surface area contributed by atoms with Gasteiger partial charge in [0.15, 0.2) is 0 Å². The van der Waals surface area contributed by atoms with E-state index in [0.29, 0.717) is 29.2 Å². The van der Waals surface area contributed by atoms with Crippen LogP contribution in [0.1, 0.15) is 27.7 Å². The summed E-state index contributed by atoms with van der Waals surface area (Å²) < 4.78 is 1.90. The first-order valence-corrected chi connectivity index (χ1v) is 7.29. The number of rotatable bonds is 6. The molecule has 1 aromatic rings. The van der Waals surface area contributed by atoms with Crippen LogP contribution in [0.25, 0.3) is 0 Å². The maximum Gasteiger partial charge on any atom is 0.283 e. The molecule has 0 saturated carbocycles. The predicted molar refractivity (Wildman–Crippen MR) is 80.4 cm³/mol. The zero-order valence-electron chi connectivity index (χ0n) is 11.9.